The van der Waals surface area contributed by atoms with E-state index in [2.05, 4.69) is 17.6 Å². The molecular formula is C16H21Cl3N2O. The van der Waals surface area contributed by atoms with Crippen LogP contribution in [0.25, 0.3) is 0 Å². The minimum Gasteiger partial charge on any atom is -0.352 e. The molecule has 1 aliphatic heterocycles. The Balaban J connectivity index is 0.00000176. The van der Waals surface area contributed by atoms with E-state index in [9.17, 15) is 4.79 Å². The van der Waals surface area contributed by atoms with Crippen molar-refractivity contribution in [3.63, 3.8) is 0 Å². The van der Waals surface area contributed by atoms with E-state index >= 15 is 0 Å². The number of piperidine rings is 1. The number of carbonyl (C=O) groups excluding carboxylic acids is 1. The number of nitrogens with one attached hydrogen (secondary N) is 2. The lowest BCUT2D eigenvalue weighted by Gasteiger charge is -2.30. The molecule has 1 amide bonds. The first-order chi connectivity index (χ1) is 10.1. The highest BCUT2D eigenvalue weighted by molar-refractivity contribution is 6.42. The first-order valence-corrected chi connectivity index (χ1v) is 8.30. The van der Waals surface area contributed by atoms with Gasteiger partial charge in [0.15, 0.2) is 0 Å². The molecule has 0 spiro atoms. The zero-order chi connectivity index (χ0) is 15.0. The van der Waals surface area contributed by atoms with E-state index in [1.54, 1.807) is 6.07 Å². The largest absolute Gasteiger partial charge is 0.352 e. The summed E-state index contributed by atoms with van der Waals surface area (Å²) in [5.74, 6) is 0.537. The highest BCUT2D eigenvalue weighted by atomic mass is 35.5. The molecule has 1 saturated heterocycles. The van der Waals surface area contributed by atoms with Gasteiger partial charge in [0, 0.05) is 18.0 Å². The predicted molar refractivity (Wildman–Crippen MR) is 93.2 cm³/mol. The van der Waals surface area contributed by atoms with Crippen LogP contribution in [0.15, 0.2) is 18.2 Å². The van der Waals surface area contributed by atoms with Crippen LogP contribution in [0.2, 0.25) is 10.0 Å². The molecule has 0 bridgehead atoms. The van der Waals surface area contributed by atoms with E-state index in [-0.39, 0.29) is 36.2 Å². The lowest BCUT2D eigenvalue weighted by molar-refractivity contribution is -0.123. The first kappa shape index (κ1) is 17.9. The SMILES string of the molecule is CC1NCCCC1NC(=O)C1CC1c1ccc(Cl)c(Cl)c1.Cl. The summed E-state index contributed by atoms with van der Waals surface area (Å²) in [5, 5.41) is 7.72. The highest BCUT2D eigenvalue weighted by Crippen LogP contribution is 2.48. The van der Waals surface area contributed by atoms with Gasteiger partial charge in [-0.05, 0) is 56.3 Å². The maximum atomic E-state index is 12.4. The Kier molecular flexibility index (Phi) is 6.00. The van der Waals surface area contributed by atoms with Crippen molar-refractivity contribution >= 4 is 41.5 Å². The summed E-state index contributed by atoms with van der Waals surface area (Å²) in [7, 11) is 0. The Morgan fingerprint density at radius 2 is 2.09 bits per heavy atom. The molecule has 1 aromatic carbocycles. The van der Waals surface area contributed by atoms with Gasteiger partial charge in [-0.15, -0.1) is 12.4 Å². The Labute approximate surface area is 147 Å². The average Bonchev–Trinajstić information content (AvgIpc) is 3.25. The Morgan fingerprint density at radius 3 is 2.77 bits per heavy atom. The average molecular weight is 364 g/mol. The van der Waals surface area contributed by atoms with E-state index in [0.717, 1.165) is 31.4 Å². The minimum absolute atomic E-state index is 0. The van der Waals surface area contributed by atoms with Crippen LogP contribution in [0.1, 0.15) is 37.7 Å². The van der Waals surface area contributed by atoms with Crippen LogP contribution in [-0.4, -0.2) is 24.5 Å². The Hall–Kier alpha value is -0.480. The molecule has 4 unspecified atom stereocenters. The quantitative estimate of drug-likeness (QED) is 0.858. The van der Waals surface area contributed by atoms with Gasteiger partial charge in [-0.25, -0.2) is 0 Å². The zero-order valence-corrected chi connectivity index (χ0v) is 14.8. The summed E-state index contributed by atoms with van der Waals surface area (Å²) in [5.41, 5.74) is 1.11. The Morgan fingerprint density at radius 1 is 1.32 bits per heavy atom. The van der Waals surface area contributed by atoms with Crippen molar-refractivity contribution in [2.24, 2.45) is 5.92 Å². The van der Waals surface area contributed by atoms with Gasteiger partial charge in [0.2, 0.25) is 5.91 Å². The maximum absolute atomic E-state index is 12.4. The standard InChI is InChI=1S/C16H20Cl2N2O.ClH/c1-9-15(3-2-6-19-9)20-16(21)12-8-11(12)10-4-5-13(17)14(18)7-10;/h4-5,7,9,11-12,15,19H,2-3,6,8H2,1H3,(H,20,21);1H. The van der Waals surface area contributed by atoms with Gasteiger partial charge in [0.1, 0.15) is 0 Å². The second-order valence-corrected chi connectivity index (χ2v) is 6.94. The molecule has 2 N–H and O–H groups in total. The third-order valence-corrected chi connectivity index (χ3v) is 5.33. The highest BCUT2D eigenvalue weighted by Gasteiger charge is 2.44. The smallest absolute Gasteiger partial charge is 0.224 e. The molecule has 0 aromatic heterocycles. The number of rotatable bonds is 3. The molecule has 6 heteroatoms. The maximum Gasteiger partial charge on any atom is 0.224 e. The summed E-state index contributed by atoms with van der Waals surface area (Å²) >= 11 is 12.0. The van der Waals surface area contributed by atoms with E-state index in [1.807, 2.05) is 12.1 Å². The van der Waals surface area contributed by atoms with Crippen LogP contribution in [0.4, 0.5) is 0 Å². The number of benzene rings is 1. The van der Waals surface area contributed by atoms with Gasteiger partial charge in [-0.3, -0.25) is 4.79 Å². The number of amides is 1. The third-order valence-electron chi connectivity index (χ3n) is 4.59. The molecular weight excluding hydrogens is 343 g/mol. The van der Waals surface area contributed by atoms with E-state index in [4.69, 9.17) is 23.2 Å². The first-order valence-electron chi connectivity index (χ1n) is 7.55. The third kappa shape index (κ3) is 3.88. The minimum atomic E-state index is 0. The normalized spacial score (nSPS) is 30.3. The molecule has 1 heterocycles. The number of hydrogen-bond donors (Lipinski definition) is 2. The van der Waals surface area contributed by atoms with Crippen LogP contribution in [0.3, 0.4) is 0 Å². The molecule has 1 aromatic rings. The lowest BCUT2D eigenvalue weighted by Crippen LogP contribution is -2.52. The predicted octanol–water partition coefficient (Wildman–Crippen LogP) is 3.78. The number of hydrogen-bond acceptors (Lipinski definition) is 2. The van der Waals surface area contributed by atoms with Gasteiger partial charge in [-0.2, -0.15) is 0 Å². The molecule has 0 radical (unpaired) electrons. The fourth-order valence-corrected chi connectivity index (χ4v) is 3.43. The molecule has 22 heavy (non-hydrogen) atoms. The van der Waals surface area contributed by atoms with Crippen molar-refractivity contribution < 1.29 is 4.79 Å². The van der Waals surface area contributed by atoms with Gasteiger partial charge in [0.05, 0.1) is 10.0 Å². The van der Waals surface area contributed by atoms with Crippen molar-refractivity contribution in [1.29, 1.82) is 0 Å². The van der Waals surface area contributed by atoms with Crippen LogP contribution < -0.4 is 10.6 Å². The monoisotopic (exact) mass is 362 g/mol. The van der Waals surface area contributed by atoms with Crippen molar-refractivity contribution in [3.05, 3.63) is 33.8 Å². The molecule has 3 nitrogen and oxygen atoms in total. The molecule has 2 fully saturated rings. The van der Waals surface area contributed by atoms with Crippen molar-refractivity contribution in [2.45, 2.75) is 44.2 Å². The van der Waals surface area contributed by atoms with Crippen LogP contribution in [-0.2, 0) is 4.79 Å². The van der Waals surface area contributed by atoms with Crippen molar-refractivity contribution in [1.82, 2.24) is 10.6 Å². The molecule has 4 atom stereocenters. The molecule has 3 rings (SSSR count). The topological polar surface area (TPSA) is 41.1 Å². The fraction of sp³-hybridized carbons (Fsp3) is 0.562. The number of halogens is 3. The summed E-state index contributed by atoms with van der Waals surface area (Å²) in [6, 6.07) is 6.26. The van der Waals surface area contributed by atoms with Gasteiger partial charge in [-0.1, -0.05) is 29.3 Å². The molecule has 1 saturated carbocycles. The van der Waals surface area contributed by atoms with E-state index < -0.39 is 0 Å². The number of carbonyl (C=O) groups is 1. The van der Waals surface area contributed by atoms with Crippen LogP contribution in [0, 0.1) is 5.92 Å². The summed E-state index contributed by atoms with van der Waals surface area (Å²) in [4.78, 5) is 12.4. The molecule has 122 valence electrons. The molecule has 1 aliphatic carbocycles. The van der Waals surface area contributed by atoms with Crippen molar-refractivity contribution in [3.8, 4) is 0 Å². The van der Waals surface area contributed by atoms with Crippen molar-refractivity contribution in [2.75, 3.05) is 6.54 Å². The van der Waals surface area contributed by atoms with Gasteiger partial charge in [0.25, 0.3) is 0 Å². The second-order valence-electron chi connectivity index (χ2n) is 6.12. The summed E-state index contributed by atoms with van der Waals surface area (Å²) in [6.07, 6.45) is 3.08. The van der Waals surface area contributed by atoms with Crippen LogP contribution >= 0.6 is 35.6 Å². The fourth-order valence-electron chi connectivity index (χ4n) is 3.13. The van der Waals surface area contributed by atoms with Gasteiger partial charge < -0.3 is 10.6 Å². The molecule has 2 aliphatic rings. The second kappa shape index (κ2) is 7.39. The van der Waals surface area contributed by atoms with E-state index in [0.29, 0.717) is 16.1 Å². The summed E-state index contributed by atoms with van der Waals surface area (Å²) < 4.78 is 0. The Bertz CT molecular complexity index is 552. The lowest BCUT2D eigenvalue weighted by atomic mass is 9.99. The zero-order valence-electron chi connectivity index (χ0n) is 12.4. The van der Waals surface area contributed by atoms with Gasteiger partial charge >= 0.3 is 0 Å². The van der Waals surface area contributed by atoms with E-state index in [1.165, 1.54) is 0 Å². The van der Waals surface area contributed by atoms with Crippen LogP contribution in [0.5, 0.6) is 0 Å². The summed E-state index contributed by atoms with van der Waals surface area (Å²) in [6.45, 7) is 3.18.